The van der Waals surface area contributed by atoms with Crippen LogP contribution in [0.1, 0.15) is 0 Å². The molecule has 0 unspecified atom stereocenters. The Morgan fingerprint density at radius 2 is 2.40 bits per heavy atom. The Morgan fingerprint density at radius 1 is 1.60 bits per heavy atom. The first kappa shape index (κ1) is 9.66. The third-order valence-corrected chi connectivity index (χ3v) is 2.02. The first-order chi connectivity index (χ1) is 7.24. The Kier molecular flexibility index (Phi) is 2.38. The first-order valence-corrected chi connectivity index (χ1v) is 4.36. The molecule has 0 spiro atoms. The lowest BCUT2D eigenvalue weighted by Gasteiger charge is -1.98. The van der Waals surface area contributed by atoms with Gasteiger partial charge >= 0.3 is 0 Å². The number of rotatable bonds is 3. The van der Waals surface area contributed by atoms with E-state index in [0.717, 1.165) is 0 Å². The van der Waals surface area contributed by atoms with Crippen LogP contribution in [0, 0.1) is 5.82 Å². The van der Waals surface area contributed by atoms with Crippen molar-refractivity contribution in [3.8, 4) is 11.3 Å². The van der Waals surface area contributed by atoms with Gasteiger partial charge in [-0.05, 0) is 0 Å². The zero-order valence-electron chi connectivity index (χ0n) is 7.81. The van der Waals surface area contributed by atoms with Crippen molar-refractivity contribution in [1.82, 2.24) is 20.0 Å². The molecule has 2 heterocycles. The molecule has 0 aliphatic carbocycles. The molecular weight excluding hydrogens is 201 g/mol. The number of nitrogens with two attached hydrogens (primary N) is 1. The van der Waals surface area contributed by atoms with Crippen LogP contribution in [0.25, 0.3) is 11.3 Å². The maximum Gasteiger partial charge on any atom is 0.192 e. The molecule has 0 radical (unpaired) electrons. The first-order valence-electron chi connectivity index (χ1n) is 4.36. The zero-order valence-corrected chi connectivity index (χ0v) is 7.81. The highest BCUT2D eigenvalue weighted by Crippen LogP contribution is 2.24. The number of nitrogen functional groups attached to an aromatic ring is 1. The topological polar surface area (TPSA) is 92.8 Å². The van der Waals surface area contributed by atoms with Gasteiger partial charge in [0.25, 0.3) is 0 Å². The van der Waals surface area contributed by atoms with E-state index in [1.807, 2.05) is 0 Å². The van der Waals surface area contributed by atoms with Crippen LogP contribution in [0.2, 0.25) is 0 Å². The lowest BCUT2D eigenvalue weighted by Crippen LogP contribution is -2.07. The second-order valence-electron chi connectivity index (χ2n) is 2.98. The van der Waals surface area contributed by atoms with Gasteiger partial charge in [-0.3, -0.25) is 5.10 Å². The highest BCUT2D eigenvalue weighted by Gasteiger charge is 2.17. The Morgan fingerprint density at radius 3 is 3.00 bits per heavy atom. The van der Waals surface area contributed by atoms with E-state index in [9.17, 15) is 4.39 Å². The molecule has 80 valence electrons. The molecule has 0 aromatic carbocycles. The standard InChI is InChI=1S/C8H10FN5O/c9-6-7(5-3-11-12-4-5)13-14(1-2-15)8(6)10/h3-4,15H,1-2,10H2,(H,11,12). The summed E-state index contributed by atoms with van der Waals surface area (Å²) in [4.78, 5) is 0. The summed E-state index contributed by atoms with van der Waals surface area (Å²) >= 11 is 0. The van der Waals surface area contributed by atoms with Crippen LogP contribution in [-0.4, -0.2) is 31.7 Å². The van der Waals surface area contributed by atoms with E-state index in [-0.39, 0.29) is 24.7 Å². The van der Waals surface area contributed by atoms with Crippen LogP contribution in [-0.2, 0) is 6.54 Å². The predicted octanol–water partition coefficient (Wildman–Crippen LogP) is -0.0132. The third kappa shape index (κ3) is 1.57. The van der Waals surface area contributed by atoms with Crippen molar-refractivity contribution in [2.45, 2.75) is 6.54 Å². The molecule has 6 nitrogen and oxygen atoms in total. The average Bonchev–Trinajstić information content (AvgIpc) is 2.82. The average molecular weight is 211 g/mol. The molecule has 0 aliphatic rings. The largest absolute Gasteiger partial charge is 0.394 e. The molecule has 0 bridgehead atoms. The minimum Gasteiger partial charge on any atom is -0.394 e. The molecule has 4 N–H and O–H groups in total. The van der Waals surface area contributed by atoms with Crippen LogP contribution in [0.4, 0.5) is 10.2 Å². The van der Waals surface area contributed by atoms with Crippen molar-refractivity contribution >= 4 is 5.82 Å². The normalized spacial score (nSPS) is 10.8. The second kappa shape index (κ2) is 3.70. The van der Waals surface area contributed by atoms with E-state index in [0.29, 0.717) is 5.56 Å². The Labute approximate surface area is 84.5 Å². The molecule has 0 fully saturated rings. The van der Waals surface area contributed by atoms with E-state index in [1.165, 1.54) is 17.1 Å². The summed E-state index contributed by atoms with van der Waals surface area (Å²) in [6.45, 7) is 0.0246. The fraction of sp³-hybridized carbons (Fsp3) is 0.250. The van der Waals surface area contributed by atoms with Crippen molar-refractivity contribution in [2.75, 3.05) is 12.3 Å². The number of aromatic nitrogens is 4. The van der Waals surface area contributed by atoms with Gasteiger partial charge in [-0.1, -0.05) is 0 Å². The highest BCUT2D eigenvalue weighted by molar-refractivity contribution is 5.61. The summed E-state index contributed by atoms with van der Waals surface area (Å²) in [5, 5.41) is 18.9. The molecule has 0 amide bonds. The maximum atomic E-state index is 13.6. The molecule has 2 aromatic rings. The summed E-state index contributed by atoms with van der Waals surface area (Å²) in [7, 11) is 0. The van der Waals surface area contributed by atoms with Gasteiger partial charge in [0.15, 0.2) is 11.6 Å². The lowest BCUT2D eigenvalue weighted by atomic mass is 10.2. The number of halogens is 1. The summed E-state index contributed by atoms with van der Waals surface area (Å²) in [5.41, 5.74) is 6.14. The van der Waals surface area contributed by atoms with Gasteiger partial charge in [0.1, 0.15) is 5.69 Å². The molecule has 7 heteroatoms. The fourth-order valence-electron chi connectivity index (χ4n) is 1.28. The number of nitrogens with zero attached hydrogens (tertiary/aromatic N) is 3. The monoisotopic (exact) mass is 211 g/mol. The van der Waals surface area contributed by atoms with Crippen molar-refractivity contribution in [2.24, 2.45) is 0 Å². The minimum atomic E-state index is -0.593. The van der Waals surface area contributed by atoms with E-state index in [2.05, 4.69) is 15.3 Å². The van der Waals surface area contributed by atoms with Crippen LogP contribution in [0.3, 0.4) is 0 Å². The number of H-pyrrole nitrogens is 1. The lowest BCUT2D eigenvalue weighted by molar-refractivity contribution is 0.270. The number of aromatic amines is 1. The van der Waals surface area contributed by atoms with Gasteiger partial charge in [-0.2, -0.15) is 10.2 Å². The molecule has 0 saturated heterocycles. The summed E-state index contributed by atoms with van der Waals surface area (Å²) in [6.07, 6.45) is 2.97. The van der Waals surface area contributed by atoms with Crippen LogP contribution in [0.15, 0.2) is 12.4 Å². The van der Waals surface area contributed by atoms with Gasteiger partial charge in [0.05, 0.1) is 19.3 Å². The van der Waals surface area contributed by atoms with Crippen molar-refractivity contribution in [1.29, 1.82) is 0 Å². The van der Waals surface area contributed by atoms with E-state index in [4.69, 9.17) is 10.8 Å². The third-order valence-electron chi connectivity index (χ3n) is 2.02. The van der Waals surface area contributed by atoms with Gasteiger partial charge in [0.2, 0.25) is 0 Å². The number of aliphatic hydroxyl groups is 1. The Balaban J connectivity index is 2.45. The molecule has 0 aliphatic heterocycles. The molecule has 15 heavy (non-hydrogen) atoms. The number of hydrogen-bond acceptors (Lipinski definition) is 4. The molecular formula is C8H10FN5O. The summed E-state index contributed by atoms with van der Waals surface area (Å²) in [5.74, 6) is -0.676. The van der Waals surface area contributed by atoms with Crippen LogP contribution >= 0.6 is 0 Å². The van der Waals surface area contributed by atoms with Crippen LogP contribution < -0.4 is 5.73 Å². The summed E-state index contributed by atoms with van der Waals surface area (Å²) < 4.78 is 14.8. The Hall–Kier alpha value is -1.89. The highest BCUT2D eigenvalue weighted by atomic mass is 19.1. The molecule has 2 aromatic heterocycles. The number of nitrogens with one attached hydrogen (secondary N) is 1. The van der Waals surface area contributed by atoms with E-state index in [1.54, 1.807) is 0 Å². The van der Waals surface area contributed by atoms with Crippen molar-refractivity contribution < 1.29 is 9.50 Å². The Bertz CT molecular complexity index is 450. The molecule has 0 atom stereocenters. The fourth-order valence-corrected chi connectivity index (χ4v) is 1.28. The van der Waals surface area contributed by atoms with E-state index < -0.39 is 5.82 Å². The number of hydrogen-bond donors (Lipinski definition) is 3. The van der Waals surface area contributed by atoms with Crippen LogP contribution in [0.5, 0.6) is 0 Å². The maximum absolute atomic E-state index is 13.6. The van der Waals surface area contributed by atoms with Gasteiger partial charge < -0.3 is 10.8 Å². The second-order valence-corrected chi connectivity index (χ2v) is 2.98. The van der Waals surface area contributed by atoms with E-state index >= 15 is 0 Å². The zero-order chi connectivity index (χ0) is 10.8. The van der Waals surface area contributed by atoms with Gasteiger partial charge in [-0.15, -0.1) is 0 Å². The number of aliphatic hydroxyl groups excluding tert-OH is 1. The minimum absolute atomic E-state index is 0.0831. The van der Waals surface area contributed by atoms with Gasteiger partial charge in [-0.25, -0.2) is 9.07 Å². The van der Waals surface area contributed by atoms with Gasteiger partial charge in [0, 0.05) is 11.8 Å². The van der Waals surface area contributed by atoms with Crippen molar-refractivity contribution in [3.63, 3.8) is 0 Å². The SMILES string of the molecule is Nc1c(F)c(-c2cn[nH]c2)nn1CCO. The number of anilines is 1. The molecule has 2 rings (SSSR count). The smallest absolute Gasteiger partial charge is 0.192 e. The predicted molar refractivity (Wildman–Crippen MR) is 51.3 cm³/mol. The summed E-state index contributed by atoms with van der Waals surface area (Å²) in [6, 6.07) is 0. The quantitative estimate of drug-likeness (QED) is 0.665. The van der Waals surface area contributed by atoms with Crippen molar-refractivity contribution in [3.05, 3.63) is 18.2 Å². The molecule has 0 saturated carbocycles.